The Balaban J connectivity index is 2.97. The van der Waals surface area contributed by atoms with Gasteiger partial charge in [-0.1, -0.05) is 6.07 Å². The Hall–Kier alpha value is -1.80. The van der Waals surface area contributed by atoms with Crippen LogP contribution in [0.5, 0.6) is 0 Å². The first kappa shape index (κ1) is 16.3. The molecule has 0 fully saturated rings. The number of carbonyl (C=O) groups excluding carboxylic acids is 1. The molecule has 0 bridgehead atoms. The van der Waals surface area contributed by atoms with E-state index in [0.717, 1.165) is 25.1 Å². The largest absolute Gasteiger partial charge is 0.463 e. The molecule has 2 nitrogen and oxygen atoms in total. The normalized spacial score (nSPS) is 14.0. The van der Waals surface area contributed by atoms with E-state index < -0.39 is 41.2 Å². The molecular weight excluding hydrogens is 295 g/mol. The summed E-state index contributed by atoms with van der Waals surface area (Å²) in [5.41, 5.74) is -0.807. The van der Waals surface area contributed by atoms with Gasteiger partial charge in [0.2, 0.25) is 0 Å². The van der Waals surface area contributed by atoms with Crippen LogP contribution in [-0.4, -0.2) is 18.0 Å². The Morgan fingerprint density at radius 1 is 1.10 bits per heavy atom. The second-order valence-corrected chi connectivity index (χ2v) is 3.90. The van der Waals surface area contributed by atoms with Crippen molar-refractivity contribution in [1.29, 1.82) is 0 Å². The summed E-state index contributed by atoms with van der Waals surface area (Å²) in [6.07, 6.45) is -6.09. The number of nitrogens with one attached hydrogen (secondary N) is 1. The summed E-state index contributed by atoms with van der Waals surface area (Å²) in [5, 5.41) is 1.24. The van der Waals surface area contributed by atoms with Gasteiger partial charge < -0.3 is 5.32 Å². The standard InChI is InChI=1S/C11H8F7NO/c1-5(8-6(12)3-2-4-7(8)13)19-9(20)10(14,15)11(16,17)18/h2-5H,1H3,(H,19,20). The number of hydrogen-bond donors (Lipinski definition) is 1. The maximum atomic E-state index is 13.3. The van der Waals surface area contributed by atoms with Crippen LogP contribution in [0.2, 0.25) is 0 Å². The van der Waals surface area contributed by atoms with E-state index in [0.29, 0.717) is 0 Å². The predicted octanol–water partition coefficient (Wildman–Crippen LogP) is 3.34. The molecule has 0 aliphatic rings. The van der Waals surface area contributed by atoms with Crippen LogP contribution in [0.1, 0.15) is 18.5 Å². The lowest BCUT2D eigenvalue weighted by Gasteiger charge is -2.22. The third kappa shape index (κ3) is 3.02. The average molecular weight is 303 g/mol. The van der Waals surface area contributed by atoms with Gasteiger partial charge in [0.1, 0.15) is 11.6 Å². The van der Waals surface area contributed by atoms with Crippen LogP contribution >= 0.6 is 0 Å². The van der Waals surface area contributed by atoms with Crippen molar-refractivity contribution < 1.29 is 35.5 Å². The zero-order valence-corrected chi connectivity index (χ0v) is 9.86. The maximum Gasteiger partial charge on any atom is 0.463 e. The van der Waals surface area contributed by atoms with E-state index in [9.17, 15) is 35.5 Å². The highest BCUT2D eigenvalue weighted by atomic mass is 19.4. The molecule has 0 radical (unpaired) electrons. The summed E-state index contributed by atoms with van der Waals surface area (Å²) >= 11 is 0. The monoisotopic (exact) mass is 303 g/mol. The fraction of sp³-hybridized carbons (Fsp3) is 0.364. The molecule has 1 unspecified atom stereocenters. The first-order valence-electron chi connectivity index (χ1n) is 5.18. The first-order valence-corrected chi connectivity index (χ1v) is 5.18. The molecule has 1 rings (SSSR count). The van der Waals surface area contributed by atoms with Crippen LogP contribution in [0.4, 0.5) is 30.7 Å². The van der Waals surface area contributed by atoms with Crippen molar-refractivity contribution >= 4 is 5.91 Å². The predicted molar refractivity (Wildman–Crippen MR) is 53.9 cm³/mol. The molecule has 1 aromatic rings. The second-order valence-electron chi connectivity index (χ2n) is 3.90. The van der Waals surface area contributed by atoms with Gasteiger partial charge in [-0.25, -0.2) is 8.78 Å². The SMILES string of the molecule is CC(NC(=O)C(F)(F)C(F)(F)F)c1c(F)cccc1F. The third-order valence-corrected chi connectivity index (χ3v) is 2.42. The Morgan fingerprint density at radius 3 is 1.95 bits per heavy atom. The fourth-order valence-electron chi connectivity index (χ4n) is 1.41. The third-order valence-electron chi connectivity index (χ3n) is 2.42. The molecule has 20 heavy (non-hydrogen) atoms. The van der Waals surface area contributed by atoms with E-state index in [1.54, 1.807) is 0 Å². The van der Waals surface area contributed by atoms with Crippen molar-refractivity contribution in [3.63, 3.8) is 0 Å². The minimum absolute atomic E-state index is 0.781. The zero-order valence-electron chi connectivity index (χ0n) is 9.86. The molecule has 1 N–H and O–H groups in total. The number of alkyl halides is 5. The second kappa shape index (κ2) is 5.29. The first-order chi connectivity index (χ1) is 8.98. The fourth-order valence-corrected chi connectivity index (χ4v) is 1.41. The minimum atomic E-state index is -6.09. The lowest BCUT2D eigenvalue weighted by molar-refractivity contribution is -0.270. The summed E-state index contributed by atoms with van der Waals surface area (Å²) in [4.78, 5) is 10.9. The molecule has 0 heterocycles. The molecule has 0 saturated heterocycles. The van der Waals surface area contributed by atoms with Crippen LogP contribution in [-0.2, 0) is 4.79 Å². The van der Waals surface area contributed by atoms with E-state index in [1.165, 1.54) is 5.32 Å². The summed E-state index contributed by atoms with van der Waals surface area (Å²) < 4.78 is 87.7. The molecule has 1 aromatic carbocycles. The van der Waals surface area contributed by atoms with Gasteiger partial charge in [-0.05, 0) is 19.1 Å². The molecule has 112 valence electrons. The quantitative estimate of drug-likeness (QED) is 0.853. The minimum Gasteiger partial charge on any atom is -0.344 e. The van der Waals surface area contributed by atoms with Crippen LogP contribution < -0.4 is 5.32 Å². The van der Waals surface area contributed by atoms with Gasteiger partial charge in [0.25, 0.3) is 0 Å². The van der Waals surface area contributed by atoms with Crippen molar-refractivity contribution in [2.24, 2.45) is 0 Å². The molecule has 0 aromatic heterocycles. The van der Waals surface area contributed by atoms with Crippen molar-refractivity contribution in [1.82, 2.24) is 5.32 Å². The lowest BCUT2D eigenvalue weighted by Crippen LogP contribution is -2.51. The van der Waals surface area contributed by atoms with Gasteiger partial charge in [0, 0.05) is 5.56 Å². The van der Waals surface area contributed by atoms with E-state index in [2.05, 4.69) is 0 Å². The summed E-state index contributed by atoms with van der Waals surface area (Å²) in [5.74, 6) is -10.7. The number of carbonyl (C=O) groups is 1. The van der Waals surface area contributed by atoms with E-state index in [-0.39, 0.29) is 0 Å². The van der Waals surface area contributed by atoms with Crippen molar-refractivity contribution in [2.75, 3.05) is 0 Å². The zero-order chi connectivity index (χ0) is 15.7. The van der Waals surface area contributed by atoms with Crippen LogP contribution in [0.25, 0.3) is 0 Å². The summed E-state index contributed by atoms with van der Waals surface area (Å²) in [7, 11) is 0. The molecule has 1 atom stereocenters. The van der Waals surface area contributed by atoms with E-state index in [1.807, 2.05) is 0 Å². The molecule has 9 heteroatoms. The molecule has 0 saturated carbocycles. The Kier molecular flexibility index (Phi) is 4.30. The van der Waals surface area contributed by atoms with Crippen molar-refractivity contribution in [3.8, 4) is 0 Å². The van der Waals surface area contributed by atoms with Gasteiger partial charge in [-0.2, -0.15) is 22.0 Å². The maximum absolute atomic E-state index is 13.3. The molecule has 0 aliphatic carbocycles. The average Bonchev–Trinajstić information content (AvgIpc) is 2.26. The van der Waals surface area contributed by atoms with Crippen molar-refractivity contribution in [3.05, 3.63) is 35.4 Å². The number of rotatable bonds is 3. The topological polar surface area (TPSA) is 29.1 Å². The summed E-state index contributed by atoms with van der Waals surface area (Å²) in [6, 6.07) is 0.843. The highest BCUT2D eigenvalue weighted by molar-refractivity contribution is 5.84. The highest BCUT2D eigenvalue weighted by Crippen LogP contribution is 2.36. The Morgan fingerprint density at radius 2 is 1.55 bits per heavy atom. The molecule has 0 spiro atoms. The lowest BCUT2D eigenvalue weighted by atomic mass is 10.1. The Labute approximate surface area is 108 Å². The highest BCUT2D eigenvalue weighted by Gasteiger charge is 2.63. The van der Waals surface area contributed by atoms with Gasteiger partial charge in [0.15, 0.2) is 0 Å². The number of amides is 1. The number of hydrogen-bond acceptors (Lipinski definition) is 1. The smallest absolute Gasteiger partial charge is 0.344 e. The van der Waals surface area contributed by atoms with Gasteiger partial charge >= 0.3 is 18.0 Å². The van der Waals surface area contributed by atoms with Crippen LogP contribution in [0.3, 0.4) is 0 Å². The molecule has 0 aliphatic heterocycles. The van der Waals surface area contributed by atoms with Crippen LogP contribution in [0, 0.1) is 11.6 Å². The molecular formula is C11H8F7NO. The molecule has 1 amide bonds. The number of benzene rings is 1. The van der Waals surface area contributed by atoms with Gasteiger partial charge in [-0.3, -0.25) is 4.79 Å². The van der Waals surface area contributed by atoms with Crippen LogP contribution in [0.15, 0.2) is 18.2 Å². The number of halogens is 7. The van der Waals surface area contributed by atoms with Crippen molar-refractivity contribution in [2.45, 2.75) is 25.1 Å². The van der Waals surface area contributed by atoms with E-state index in [4.69, 9.17) is 0 Å². The Bertz CT molecular complexity index is 492. The van der Waals surface area contributed by atoms with Gasteiger partial charge in [0.05, 0.1) is 6.04 Å². The summed E-state index contributed by atoms with van der Waals surface area (Å²) in [6.45, 7) is 0.881. The van der Waals surface area contributed by atoms with E-state index >= 15 is 0 Å². The van der Waals surface area contributed by atoms with Gasteiger partial charge in [-0.15, -0.1) is 0 Å².